The zero-order valence-corrected chi connectivity index (χ0v) is 20.8. The molecule has 0 fully saturated rings. The number of fused-ring (bicyclic) bond motifs is 2. The van der Waals surface area contributed by atoms with Gasteiger partial charge in [0.05, 0.1) is 23.8 Å². The van der Waals surface area contributed by atoms with E-state index in [1.54, 1.807) is 66.7 Å². The molecule has 0 aliphatic carbocycles. The molecule has 0 saturated carbocycles. The largest absolute Gasteiger partial charge is 0.495 e. The number of hydrogen-bond donors (Lipinski definition) is 4. The number of carboxylic acid groups (broad SMARTS) is 2. The summed E-state index contributed by atoms with van der Waals surface area (Å²) in [5, 5.41) is 28.6. The lowest BCUT2D eigenvalue weighted by Gasteiger charge is -2.35. The lowest BCUT2D eigenvalue weighted by atomic mass is 9.93. The summed E-state index contributed by atoms with van der Waals surface area (Å²) in [5.41, 5.74) is 0.838. The van der Waals surface area contributed by atoms with Crippen molar-refractivity contribution in [3.8, 4) is 5.75 Å². The molecule has 14 heteroatoms. The summed E-state index contributed by atoms with van der Waals surface area (Å²) in [4.78, 5) is 43.2. The quantitative estimate of drug-likeness (QED) is 0.291. The van der Waals surface area contributed by atoms with Crippen molar-refractivity contribution in [3.05, 3.63) is 83.4 Å². The molecule has 40 heavy (non-hydrogen) atoms. The molecule has 2 amide bonds. The van der Waals surface area contributed by atoms with Crippen molar-refractivity contribution < 1.29 is 47.6 Å². The second-order valence-corrected chi connectivity index (χ2v) is 8.47. The fraction of sp³-hybridized carbons (Fsp3) is 0.154. The Morgan fingerprint density at radius 3 is 2.30 bits per heavy atom. The van der Waals surface area contributed by atoms with Gasteiger partial charge in [0, 0.05) is 23.7 Å². The number of benzene rings is 3. The Labute approximate surface area is 223 Å². The van der Waals surface area contributed by atoms with Crippen molar-refractivity contribution in [3.63, 3.8) is 0 Å². The smallest absolute Gasteiger partial charge is 0.490 e. The highest BCUT2D eigenvalue weighted by Crippen LogP contribution is 2.47. The van der Waals surface area contributed by atoms with Crippen LogP contribution in [0, 0.1) is 0 Å². The van der Waals surface area contributed by atoms with Crippen molar-refractivity contribution in [2.45, 2.75) is 11.9 Å². The molecule has 0 saturated heterocycles. The first kappa shape index (κ1) is 27.9. The standard InChI is InChI=1S/C24H20N4O5.C2HF3O2/c1-27(23(30)31)22-25-17-12-11-14(13-18(17)26-22)24(32)16-8-4-3-7-15(16)21(29)28(24)19-9-5-6-10-20(19)33-2;3-2(4,5)1(6)7/h3-13,32H,1-2H3,(H,25,26)(H,30,31);(H,6,7). The molecule has 0 radical (unpaired) electrons. The van der Waals surface area contributed by atoms with Gasteiger partial charge in [-0.25, -0.2) is 14.6 Å². The van der Waals surface area contributed by atoms with Crippen LogP contribution in [-0.2, 0) is 10.5 Å². The number of aromatic amines is 1. The molecule has 1 unspecified atom stereocenters. The molecular weight excluding hydrogens is 537 g/mol. The van der Waals surface area contributed by atoms with Crippen molar-refractivity contribution in [2.75, 3.05) is 24.0 Å². The van der Waals surface area contributed by atoms with Gasteiger partial charge >= 0.3 is 18.2 Å². The highest BCUT2D eigenvalue weighted by molar-refractivity contribution is 6.13. The number of anilines is 2. The highest BCUT2D eigenvalue weighted by Gasteiger charge is 2.51. The number of nitrogens with one attached hydrogen (secondary N) is 1. The van der Waals surface area contributed by atoms with Crippen LogP contribution in [0.4, 0.5) is 29.6 Å². The van der Waals surface area contributed by atoms with Crippen LogP contribution in [0.15, 0.2) is 66.7 Å². The predicted molar refractivity (Wildman–Crippen MR) is 135 cm³/mol. The van der Waals surface area contributed by atoms with E-state index in [-0.39, 0.29) is 11.9 Å². The predicted octanol–water partition coefficient (Wildman–Crippen LogP) is 4.17. The summed E-state index contributed by atoms with van der Waals surface area (Å²) in [7, 11) is 2.88. The number of aliphatic carboxylic acids is 1. The van der Waals surface area contributed by atoms with E-state index < -0.39 is 24.0 Å². The minimum absolute atomic E-state index is 0.145. The number of ether oxygens (including phenoxy) is 1. The van der Waals surface area contributed by atoms with Crippen LogP contribution in [0.1, 0.15) is 21.5 Å². The van der Waals surface area contributed by atoms with Crippen LogP contribution in [0.3, 0.4) is 0 Å². The maximum Gasteiger partial charge on any atom is 0.490 e. The Hall–Kier alpha value is -5.11. The molecule has 208 valence electrons. The lowest BCUT2D eigenvalue weighted by molar-refractivity contribution is -0.192. The normalized spacial score (nSPS) is 16.2. The molecule has 0 spiro atoms. The van der Waals surface area contributed by atoms with Crippen LogP contribution < -0.4 is 14.5 Å². The van der Waals surface area contributed by atoms with E-state index in [0.29, 0.717) is 39.2 Å². The third kappa shape index (κ3) is 4.75. The molecule has 2 heterocycles. The topological polar surface area (TPSA) is 156 Å². The summed E-state index contributed by atoms with van der Waals surface area (Å²) in [6.45, 7) is 0. The third-order valence-electron chi connectivity index (χ3n) is 6.10. The second kappa shape index (κ2) is 10.2. The number of methoxy groups -OCH3 is 1. The summed E-state index contributed by atoms with van der Waals surface area (Å²) >= 11 is 0. The fourth-order valence-electron chi connectivity index (χ4n) is 4.21. The molecule has 1 aromatic heterocycles. The zero-order chi connectivity index (χ0) is 29.4. The van der Waals surface area contributed by atoms with Gasteiger partial charge in [-0.1, -0.05) is 36.4 Å². The number of carboxylic acids is 1. The van der Waals surface area contributed by atoms with E-state index in [4.69, 9.17) is 14.6 Å². The molecular formula is C26H21F3N4O7. The molecule has 4 aromatic rings. The fourth-order valence-corrected chi connectivity index (χ4v) is 4.21. The molecule has 1 aliphatic heterocycles. The number of halogens is 3. The average Bonchev–Trinajstić information content (AvgIpc) is 3.45. The molecule has 5 rings (SSSR count). The number of aromatic nitrogens is 2. The number of imidazole rings is 1. The number of alkyl halides is 3. The number of hydrogen-bond acceptors (Lipinski definition) is 6. The SMILES string of the molecule is COc1ccccc1N1C(=O)c2ccccc2C1(O)c1ccc2nc(N(C)C(=O)O)[nH]c2c1.O=C(O)C(F)(F)F. The van der Waals surface area contributed by atoms with Gasteiger partial charge < -0.3 is 25.0 Å². The maximum absolute atomic E-state index is 13.5. The van der Waals surface area contributed by atoms with E-state index in [1.165, 1.54) is 19.1 Å². The van der Waals surface area contributed by atoms with Crippen molar-refractivity contribution in [2.24, 2.45) is 0 Å². The van der Waals surface area contributed by atoms with Gasteiger partial charge in [0.15, 0.2) is 5.72 Å². The number of rotatable bonds is 4. The molecule has 1 aliphatic rings. The third-order valence-corrected chi connectivity index (χ3v) is 6.10. The molecule has 4 N–H and O–H groups in total. The number of para-hydroxylation sites is 2. The number of H-pyrrole nitrogens is 1. The van der Waals surface area contributed by atoms with Gasteiger partial charge in [-0.3, -0.25) is 14.6 Å². The van der Waals surface area contributed by atoms with Gasteiger partial charge in [-0.2, -0.15) is 13.2 Å². The number of carbonyl (C=O) groups is 3. The first-order valence-electron chi connectivity index (χ1n) is 11.4. The van der Waals surface area contributed by atoms with Gasteiger partial charge in [0.1, 0.15) is 5.75 Å². The first-order valence-corrected chi connectivity index (χ1v) is 11.4. The summed E-state index contributed by atoms with van der Waals surface area (Å²) in [6.07, 6.45) is -6.24. The molecule has 1 atom stereocenters. The summed E-state index contributed by atoms with van der Waals surface area (Å²) in [5.74, 6) is -2.54. The number of amides is 2. The monoisotopic (exact) mass is 558 g/mol. The minimum atomic E-state index is -5.08. The van der Waals surface area contributed by atoms with Gasteiger partial charge in [-0.15, -0.1) is 0 Å². The van der Waals surface area contributed by atoms with Gasteiger partial charge in [-0.05, 0) is 30.3 Å². The zero-order valence-electron chi connectivity index (χ0n) is 20.8. The summed E-state index contributed by atoms with van der Waals surface area (Å²) in [6, 6.07) is 18.9. The van der Waals surface area contributed by atoms with Crippen molar-refractivity contribution in [1.29, 1.82) is 0 Å². The maximum atomic E-state index is 13.5. The Morgan fingerprint density at radius 2 is 1.68 bits per heavy atom. The van der Waals surface area contributed by atoms with E-state index in [2.05, 4.69) is 9.97 Å². The highest BCUT2D eigenvalue weighted by atomic mass is 19.4. The van der Waals surface area contributed by atoms with E-state index >= 15 is 0 Å². The molecule has 3 aromatic carbocycles. The average molecular weight is 558 g/mol. The van der Waals surface area contributed by atoms with Gasteiger partial charge in [0.2, 0.25) is 5.95 Å². The number of nitrogens with zero attached hydrogens (tertiary/aromatic N) is 3. The second-order valence-electron chi connectivity index (χ2n) is 8.47. The van der Waals surface area contributed by atoms with Crippen LogP contribution in [0.25, 0.3) is 11.0 Å². The number of carbonyl (C=O) groups excluding carboxylic acids is 1. The molecule has 0 bridgehead atoms. The lowest BCUT2D eigenvalue weighted by Crippen LogP contribution is -2.45. The summed E-state index contributed by atoms with van der Waals surface area (Å²) < 4.78 is 37.2. The Morgan fingerprint density at radius 1 is 1.05 bits per heavy atom. The van der Waals surface area contributed by atoms with E-state index in [0.717, 1.165) is 4.90 Å². The van der Waals surface area contributed by atoms with Crippen LogP contribution >= 0.6 is 0 Å². The van der Waals surface area contributed by atoms with Gasteiger partial charge in [0.25, 0.3) is 5.91 Å². The van der Waals surface area contributed by atoms with Crippen LogP contribution in [0.2, 0.25) is 0 Å². The van der Waals surface area contributed by atoms with Crippen molar-refractivity contribution in [1.82, 2.24) is 9.97 Å². The van der Waals surface area contributed by atoms with E-state index in [1.807, 2.05) is 0 Å². The molecule has 11 nitrogen and oxygen atoms in total. The Balaban J connectivity index is 0.000000470. The minimum Gasteiger partial charge on any atom is -0.495 e. The first-order chi connectivity index (χ1) is 18.8. The van der Waals surface area contributed by atoms with E-state index in [9.17, 15) is 33.0 Å². The van der Waals surface area contributed by atoms with Crippen LogP contribution in [-0.4, -0.2) is 63.6 Å². The Kier molecular flexibility index (Phi) is 7.13. The van der Waals surface area contributed by atoms with Crippen molar-refractivity contribution >= 4 is 40.6 Å². The number of aliphatic hydroxyl groups is 1. The van der Waals surface area contributed by atoms with Crippen LogP contribution in [0.5, 0.6) is 5.75 Å². The Bertz CT molecular complexity index is 1620.